The van der Waals surface area contributed by atoms with Crippen LogP contribution in [-0.4, -0.2) is 28.7 Å². The molecule has 18 rings (SSSR count). The smallest absolute Gasteiger partial charge is 0.164 e. The van der Waals surface area contributed by atoms with Gasteiger partial charge in [-0.2, -0.15) is 0 Å². The molecule has 0 aliphatic carbocycles. The summed E-state index contributed by atoms with van der Waals surface area (Å²) >= 11 is 0. The molecule has 0 saturated carbocycles. The van der Waals surface area contributed by atoms with Gasteiger partial charge in [-0.25, -0.2) is 15.0 Å². The second-order valence-electron chi connectivity index (χ2n) is 21.5. The molecule has 0 spiro atoms. The molecule has 0 fully saturated rings. The summed E-state index contributed by atoms with van der Waals surface area (Å²) in [7, 11) is 0. The van der Waals surface area contributed by atoms with Crippen molar-refractivity contribution in [3.05, 3.63) is 267 Å². The normalized spacial score (nSPS) is 12.1. The Bertz CT molecular complexity index is 5640. The Kier molecular flexibility index (Phi) is 9.64. The Morgan fingerprint density at radius 1 is 0.241 bits per heavy atom. The lowest BCUT2D eigenvalue weighted by atomic mass is 9.99. The predicted molar refractivity (Wildman–Crippen MR) is 339 cm³/mol. The molecule has 0 atom stereocenters. The third kappa shape index (κ3) is 6.84. The Morgan fingerprint density at radius 2 is 0.723 bits per heavy atom. The number of hydrogen-bond acceptors (Lipinski definition) is 5. The first-order chi connectivity index (χ1) is 41.1. The molecule has 8 nitrogen and oxygen atoms in total. The number of benzene rings is 12. The van der Waals surface area contributed by atoms with Gasteiger partial charge in [-0.05, 0) is 108 Å². The summed E-state index contributed by atoms with van der Waals surface area (Å²) in [5.41, 5.74) is 18.0. The van der Waals surface area contributed by atoms with Crippen molar-refractivity contribution < 1.29 is 8.83 Å². The Balaban J connectivity index is 0.786. The van der Waals surface area contributed by atoms with Gasteiger partial charge in [0.1, 0.15) is 22.3 Å². The fourth-order valence-corrected chi connectivity index (χ4v) is 13.2. The highest BCUT2D eigenvalue weighted by molar-refractivity contribution is 6.24. The van der Waals surface area contributed by atoms with E-state index in [-0.39, 0.29) is 0 Å². The highest BCUT2D eigenvalue weighted by atomic mass is 16.3. The number of para-hydroxylation sites is 5. The number of aromatic nitrogens is 6. The molecular weight excluding hydrogens is 1020 g/mol. The molecule has 12 aromatic carbocycles. The Morgan fingerprint density at radius 3 is 1.40 bits per heavy atom. The van der Waals surface area contributed by atoms with E-state index in [1.165, 1.54) is 43.4 Å². The fraction of sp³-hybridized carbons (Fsp3) is 0. The van der Waals surface area contributed by atoms with Crippen molar-refractivity contribution >= 4 is 109 Å². The maximum Gasteiger partial charge on any atom is 0.164 e. The van der Waals surface area contributed by atoms with Crippen LogP contribution in [0.5, 0.6) is 0 Å². The molecule has 18 aromatic rings. The molecule has 83 heavy (non-hydrogen) atoms. The average molecular weight is 1060 g/mol. The zero-order valence-electron chi connectivity index (χ0n) is 44.4. The summed E-state index contributed by atoms with van der Waals surface area (Å²) in [4.78, 5) is 15.7. The molecule has 6 heterocycles. The van der Waals surface area contributed by atoms with Gasteiger partial charge >= 0.3 is 0 Å². The van der Waals surface area contributed by atoms with Crippen LogP contribution in [0.3, 0.4) is 0 Å². The van der Waals surface area contributed by atoms with Gasteiger partial charge in [-0.15, -0.1) is 0 Å². The van der Waals surface area contributed by atoms with Gasteiger partial charge in [0.2, 0.25) is 0 Å². The lowest BCUT2D eigenvalue weighted by Gasteiger charge is -2.12. The van der Waals surface area contributed by atoms with E-state index < -0.39 is 0 Å². The number of fused-ring (bicyclic) bond motifs is 16. The Hall–Kier alpha value is -11.4. The first-order valence-electron chi connectivity index (χ1n) is 28.0. The van der Waals surface area contributed by atoms with Crippen LogP contribution < -0.4 is 0 Å². The molecule has 0 amide bonds. The van der Waals surface area contributed by atoms with E-state index in [0.29, 0.717) is 17.5 Å². The van der Waals surface area contributed by atoms with E-state index in [1.807, 2.05) is 42.5 Å². The third-order valence-corrected chi connectivity index (χ3v) is 16.9. The largest absolute Gasteiger partial charge is 0.456 e. The lowest BCUT2D eigenvalue weighted by molar-refractivity contribution is 0.668. The second kappa shape index (κ2) is 17.6. The molecular formula is C75H44N6O2. The molecule has 8 heteroatoms. The van der Waals surface area contributed by atoms with Crippen LogP contribution in [0.15, 0.2) is 276 Å². The topological polar surface area (TPSA) is 79.7 Å². The zero-order valence-corrected chi connectivity index (χ0v) is 44.4. The molecule has 0 N–H and O–H groups in total. The van der Waals surface area contributed by atoms with Gasteiger partial charge in [0, 0.05) is 93.7 Å². The first kappa shape index (κ1) is 45.5. The number of nitrogens with zero attached hydrogens (tertiary/aromatic N) is 6. The van der Waals surface area contributed by atoms with Gasteiger partial charge in [-0.1, -0.05) is 164 Å². The van der Waals surface area contributed by atoms with E-state index in [2.05, 4.69) is 238 Å². The summed E-state index contributed by atoms with van der Waals surface area (Å²) in [6.45, 7) is 0. The molecule has 0 radical (unpaired) electrons. The van der Waals surface area contributed by atoms with Crippen LogP contribution in [0.4, 0.5) is 0 Å². The molecule has 0 aliphatic rings. The minimum absolute atomic E-state index is 0.539. The maximum absolute atomic E-state index is 6.77. The van der Waals surface area contributed by atoms with Crippen molar-refractivity contribution in [3.63, 3.8) is 0 Å². The second-order valence-corrected chi connectivity index (χ2v) is 21.5. The van der Waals surface area contributed by atoms with Crippen LogP contribution in [0.25, 0.3) is 172 Å². The average Bonchev–Trinajstić information content (AvgIpc) is 2.23. The van der Waals surface area contributed by atoms with Crippen molar-refractivity contribution in [2.45, 2.75) is 0 Å². The summed E-state index contributed by atoms with van der Waals surface area (Å²) in [6.07, 6.45) is 0. The van der Waals surface area contributed by atoms with E-state index in [9.17, 15) is 0 Å². The van der Waals surface area contributed by atoms with Crippen molar-refractivity contribution in [2.75, 3.05) is 0 Å². The van der Waals surface area contributed by atoms with E-state index in [4.69, 9.17) is 23.8 Å². The van der Waals surface area contributed by atoms with Gasteiger partial charge in [0.05, 0.1) is 33.1 Å². The number of hydrogen-bond donors (Lipinski definition) is 0. The highest BCUT2D eigenvalue weighted by Gasteiger charge is 2.24. The van der Waals surface area contributed by atoms with E-state index in [1.54, 1.807) is 0 Å². The van der Waals surface area contributed by atoms with Gasteiger partial charge in [0.15, 0.2) is 17.5 Å². The molecule has 0 bridgehead atoms. The number of rotatable bonds is 7. The standard InChI is InChI=1S/C75H44N6O2/c1-4-17-45(18-5-1)73-76-74(48-31-35-55-56-36-34-51(44-69(56)83-68(55)43-48)79-62-27-13-10-23-52(62)53-24-11-14-28-63(53)79)78-75(77-73)59-26-16-30-67-70(59)61-42-47(33-40-66(61)82-67)46-32-39-65-60(41-46)58-38-37-57-54-25-12-15-29-64(54)80(49-19-6-2-7-20-49)71(57)72(58)81(65)50-21-8-3-9-22-50/h1-44H. The summed E-state index contributed by atoms with van der Waals surface area (Å²) in [5.74, 6) is 1.65. The third-order valence-electron chi connectivity index (χ3n) is 16.9. The molecule has 6 aromatic heterocycles. The van der Waals surface area contributed by atoms with Crippen LogP contribution in [-0.2, 0) is 0 Å². The maximum atomic E-state index is 6.77. The van der Waals surface area contributed by atoms with Crippen molar-refractivity contribution in [3.8, 4) is 62.4 Å². The predicted octanol–water partition coefficient (Wildman–Crippen LogP) is 19.6. The van der Waals surface area contributed by atoms with Crippen molar-refractivity contribution in [1.82, 2.24) is 28.7 Å². The zero-order chi connectivity index (χ0) is 54.3. The van der Waals surface area contributed by atoms with Crippen LogP contribution in [0, 0.1) is 0 Å². The highest BCUT2D eigenvalue weighted by Crippen LogP contribution is 2.45. The summed E-state index contributed by atoms with van der Waals surface area (Å²) in [6, 6.07) is 94.4. The molecule has 0 unspecified atom stereocenters. The van der Waals surface area contributed by atoms with Gasteiger partial charge < -0.3 is 22.5 Å². The van der Waals surface area contributed by atoms with Gasteiger partial charge in [-0.3, -0.25) is 0 Å². The quantitative estimate of drug-likeness (QED) is 0.159. The lowest BCUT2D eigenvalue weighted by Crippen LogP contribution is -2.00. The summed E-state index contributed by atoms with van der Waals surface area (Å²) < 4.78 is 20.7. The van der Waals surface area contributed by atoms with Crippen LogP contribution in [0.2, 0.25) is 0 Å². The minimum Gasteiger partial charge on any atom is -0.456 e. The molecule has 386 valence electrons. The molecule has 0 saturated heterocycles. The SMILES string of the molecule is c1ccc(-c2nc(-c3ccc4c(c3)oc3cc(-n5c6ccccc6c6ccccc65)ccc34)nc(-c3cccc4oc5ccc(-c6ccc7c(c6)c6ccc8c9ccccc9n(-c9ccccc9)c8c6n7-c6ccccc6)cc5c34)n2)cc1. The fourth-order valence-electron chi connectivity index (χ4n) is 13.2. The Labute approximate surface area is 473 Å². The minimum atomic E-state index is 0.539. The van der Waals surface area contributed by atoms with Crippen LogP contribution in [0.1, 0.15) is 0 Å². The monoisotopic (exact) mass is 1060 g/mol. The van der Waals surface area contributed by atoms with E-state index >= 15 is 0 Å². The van der Waals surface area contributed by atoms with Gasteiger partial charge in [0.25, 0.3) is 0 Å². The van der Waals surface area contributed by atoms with Crippen LogP contribution >= 0.6 is 0 Å². The van der Waals surface area contributed by atoms with Crippen molar-refractivity contribution in [1.29, 1.82) is 0 Å². The summed E-state index contributed by atoms with van der Waals surface area (Å²) in [5, 5.41) is 11.2. The van der Waals surface area contributed by atoms with E-state index in [0.717, 1.165) is 111 Å². The molecule has 0 aliphatic heterocycles. The number of furan rings is 2. The van der Waals surface area contributed by atoms with Crippen molar-refractivity contribution in [2.24, 2.45) is 0 Å². The first-order valence-corrected chi connectivity index (χ1v) is 28.0.